The van der Waals surface area contributed by atoms with E-state index in [1.807, 2.05) is 0 Å². The van der Waals surface area contributed by atoms with Crippen LogP contribution in [0.2, 0.25) is 5.02 Å². The first-order valence-corrected chi connectivity index (χ1v) is 9.65. The molecule has 1 atom stereocenters. The van der Waals surface area contributed by atoms with Crippen LogP contribution in [0.4, 0.5) is 5.69 Å². The second-order valence-electron chi connectivity index (χ2n) is 5.53. The molecule has 0 aliphatic rings. The Balaban J connectivity index is 1.92. The number of benzene rings is 2. The van der Waals surface area contributed by atoms with Crippen molar-refractivity contribution in [1.29, 1.82) is 0 Å². The van der Waals surface area contributed by atoms with Crippen molar-refractivity contribution in [1.82, 2.24) is 0 Å². The highest BCUT2D eigenvalue weighted by Crippen LogP contribution is 2.14. The van der Waals surface area contributed by atoms with Crippen molar-refractivity contribution < 1.29 is 22.7 Å². The van der Waals surface area contributed by atoms with Gasteiger partial charge in [0.25, 0.3) is 5.91 Å². The first-order valence-electron chi connectivity index (χ1n) is 7.73. The predicted octanol–water partition coefficient (Wildman–Crippen LogP) is 2.57. The lowest BCUT2D eigenvalue weighted by Crippen LogP contribution is -2.29. The Bertz CT molecular complexity index is 972. The number of nitrogens with two attached hydrogens (primary N) is 1. The van der Waals surface area contributed by atoms with Crippen molar-refractivity contribution in [3.63, 3.8) is 0 Å². The number of carbonyl (C=O) groups excluding carboxylic acids is 2. The van der Waals surface area contributed by atoms with Crippen LogP contribution >= 0.6 is 11.6 Å². The molecule has 0 heterocycles. The van der Waals surface area contributed by atoms with Gasteiger partial charge in [-0.1, -0.05) is 23.7 Å². The Morgan fingerprint density at radius 1 is 1.19 bits per heavy atom. The fourth-order valence-electron chi connectivity index (χ4n) is 2.01. The number of amides is 1. The number of sulfonamides is 1. The van der Waals surface area contributed by atoms with Gasteiger partial charge in [0.1, 0.15) is 0 Å². The lowest BCUT2D eigenvalue weighted by atomic mass is 10.2. The van der Waals surface area contributed by atoms with E-state index in [2.05, 4.69) is 5.32 Å². The maximum Gasteiger partial charge on any atom is 0.331 e. The number of esters is 1. The monoisotopic (exact) mass is 408 g/mol. The van der Waals surface area contributed by atoms with Gasteiger partial charge in [0.05, 0.1) is 4.90 Å². The Kier molecular flexibility index (Phi) is 6.73. The normalized spacial score (nSPS) is 12.6. The van der Waals surface area contributed by atoms with Crippen molar-refractivity contribution in [2.24, 2.45) is 5.14 Å². The molecular formula is C18H17ClN2O5S. The van der Waals surface area contributed by atoms with E-state index >= 15 is 0 Å². The summed E-state index contributed by atoms with van der Waals surface area (Å²) in [6.07, 6.45) is 1.65. The average Bonchev–Trinajstić information content (AvgIpc) is 2.59. The largest absolute Gasteiger partial charge is 0.449 e. The van der Waals surface area contributed by atoms with Gasteiger partial charge < -0.3 is 10.1 Å². The van der Waals surface area contributed by atoms with E-state index in [0.717, 1.165) is 0 Å². The van der Waals surface area contributed by atoms with E-state index in [9.17, 15) is 18.0 Å². The van der Waals surface area contributed by atoms with E-state index in [0.29, 0.717) is 16.3 Å². The maximum atomic E-state index is 12.1. The number of carbonyl (C=O) groups is 2. The van der Waals surface area contributed by atoms with Crippen molar-refractivity contribution in [2.45, 2.75) is 17.9 Å². The lowest BCUT2D eigenvalue weighted by molar-refractivity contribution is -0.148. The molecule has 0 saturated carbocycles. The summed E-state index contributed by atoms with van der Waals surface area (Å²) in [5, 5.41) is 8.05. The van der Waals surface area contributed by atoms with Gasteiger partial charge in [-0.15, -0.1) is 0 Å². The highest BCUT2D eigenvalue weighted by Gasteiger charge is 2.17. The summed E-state index contributed by atoms with van der Waals surface area (Å²) < 4.78 is 27.4. The van der Waals surface area contributed by atoms with Crippen LogP contribution in [-0.4, -0.2) is 26.4 Å². The zero-order valence-electron chi connectivity index (χ0n) is 14.3. The predicted molar refractivity (Wildman–Crippen MR) is 102 cm³/mol. The third kappa shape index (κ3) is 6.52. The fraction of sp³-hybridized carbons (Fsp3) is 0.111. The Hall–Kier alpha value is -2.68. The molecule has 2 aromatic rings. The number of ether oxygens (including phenoxy) is 1. The molecule has 0 bridgehead atoms. The number of primary sulfonamides is 1. The summed E-state index contributed by atoms with van der Waals surface area (Å²) in [5.74, 6) is -1.26. The quantitative estimate of drug-likeness (QED) is 0.563. The number of anilines is 1. The van der Waals surface area contributed by atoms with Crippen molar-refractivity contribution in [2.75, 3.05) is 5.32 Å². The third-order valence-electron chi connectivity index (χ3n) is 3.37. The summed E-state index contributed by atoms with van der Waals surface area (Å²) >= 11 is 5.85. The van der Waals surface area contributed by atoms with Crippen molar-refractivity contribution >= 4 is 45.3 Å². The number of nitrogens with one attached hydrogen (secondary N) is 1. The zero-order valence-corrected chi connectivity index (χ0v) is 15.8. The van der Waals surface area contributed by atoms with Gasteiger partial charge >= 0.3 is 5.97 Å². The van der Waals surface area contributed by atoms with Gasteiger partial charge in [-0.3, -0.25) is 4.79 Å². The Morgan fingerprint density at radius 3 is 2.44 bits per heavy atom. The second kappa shape index (κ2) is 8.81. The first-order chi connectivity index (χ1) is 12.6. The van der Waals surface area contributed by atoms with Gasteiger partial charge in [0.15, 0.2) is 6.10 Å². The minimum absolute atomic E-state index is 0.0777. The molecule has 0 aliphatic carbocycles. The molecular weight excluding hydrogens is 392 g/mol. The van der Waals surface area contributed by atoms with Crippen LogP contribution in [0.1, 0.15) is 12.5 Å². The molecule has 9 heteroatoms. The van der Waals surface area contributed by atoms with Gasteiger partial charge in [-0.05, 0) is 55.0 Å². The fourth-order valence-corrected chi connectivity index (χ4v) is 2.73. The smallest absolute Gasteiger partial charge is 0.331 e. The molecule has 0 unspecified atom stereocenters. The van der Waals surface area contributed by atoms with Crippen LogP contribution in [0.15, 0.2) is 59.5 Å². The van der Waals surface area contributed by atoms with E-state index < -0.39 is 28.0 Å². The molecule has 2 rings (SSSR count). The van der Waals surface area contributed by atoms with Crippen molar-refractivity contribution in [3.8, 4) is 0 Å². The number of rotatable bonds is 6. The first kappa shape index (κ1) is 20.6. The van der Waals surface area contributed by atoms with E-state index in [-0.39, 0.29) is 4.90 Å². The SMILES string of the molecule is C[C@H](OC(=O)/C=C/c1cccc(Cl)c1)C(=O)Nc1ccc(S(N)(=O)=O)cc1. The molecule has 1 amide bonds. The minimum atomic E-state index is -3.81. The van der Waals surface area contributed by atoms with Crippen LogP contribution < -0.4 is 10.5 Å². The van der Waals surface area contributed by atoms with Gasteiger partial charge in [0.2, 0.25) is 10.0 Å². The minimum Gasteiger partial charge on any atom is -0.449 e. The van der Waals surface area contributed by atoms with Crippen LogP contribution in [0.3, 0.4) is 0 Å². The van der Waals surface area contributed by atoms with Crippen LogP contribution in [0.25, 0.3) is 6.08 Å². The summed E-state index contributed by atoms with van der Waals surface area (Å²) in [4.78, 5) is 23.8. The summed E-state index contributed by atoms with van der Waals surface area (Å²) in [6.45, 7) is 1.42. The van der Waals surface area contributed by atoms with Gasteiger partial charge in [-0.2, -0.15) is 0 Å². The molecule has 142 valence electrons. The summed E-state index contributed by atoms with van der Waals surface area (Å²) in [7, 11) is -3.81. The maximum absolute atomic E-state index is 12.1. The third-order valence-corrected chi connectivity index (χ3v) is 4.54. The second-order valence-corrected chi connectivity index (χ2v) is 7.52. The Labute approximate surface area is 161 Å². The number of hydrogen-bond acceptors (Lipinski definition) is 5. The molecule has 7 nitrogen and oxygen atoms in total. The molecule has 0 aliphatic heterocycles. The van der Waals surface area contributed by atoms with Gasteiger partial charge in [0, 0.05) is 16.8 Å². The van der Waals surface area contributed by atoms with Crippen LogP contribution in [-0.2, 0) is 24.3 Å². The molecule has 0 aromatic heterocycles. The number of halogens is 1. The average molecular weight is 409 g/mol. The number of hydrogen-bond donors (Lipinski definition) is 2. The van der Waals surface area contributed by atoms with E-state index in [1.165, 1.54) is 43.3 Å². The highest BCUT2D eigenvalue weighted by molar-refractivity contribution is 7.89. The molecule has 2 aromatic carbocycles. The standard InChI is InChI=1S/C18H17ClN2O5S/c1-12(26-17(22)10-5-13-3-2-4-14(19)11-13)18(23)21-15-6-8-16(9-7-15)27(20,24)25/h2-12H,1H3,(H,21,23)(H2,20,24,25)/b10-5+/t12-/m0/s1. The highest BCUT2D eigenvalue weighted by atomic mass is 35.5. The molecule has 0 fully saturated rings. The van der Waals surface area contributed by atoms with E-state index in [4.69, 9.17) is 21.5 Å². The molecule has 0 radical (unpaired) electrons. The molecule has 0 saturated heterocycles. The molecule has 3 N–H and O–H groups in total. The molecule has 0 spiro atoms. The summed E-state index contributed by atoms with van der Waals surface area (Å²) in [5.41, 5.74) is 1.05. The molecule has 27 heavy (non-hydrogen) atoms. The summed E-state index contributed by atoms with van der Waals surface area (Å²) in [6, 6.07) is 12.2. The van der Waals surface area contributed by atoms with Crippen molar-refractivity contribution in [3.05, 3.63) is 65.2 Å². The Morgan fingerprint density at radius 2 is 1.85 bits per heavy atom. The lowest BCUT2D eigenvalue weighted by Gasteiger charge is -2.12. The topological polar surface area (TPSA) is 116 Å². The zero-order chi connectivity index (χ0) is 20.0. The van der Waals surface area contributed by atoms with Gasteiger partial charge in [-0.25, -0.2) is 18.4 Å². The van der Waals surface area contributed by atoms with Crippen LogP contribution in [0, 0.1) is 0 Å². The van der Waals surface area contributed by atoms with Crippen LogP contribution in [0.5, 0.6) is 0 Å². The van der Waals surface area contributed by atoms with E-state index in [1.54, 1.807) is 24.3 Å².